The van der Waals surface area contributed by atoms with Gasteiger partial charge in [0, 0.05) is 19.0 Å². The largest absolute Gasteiger partial charge is 0.388 e. The zero-order valence-corrected chi connectivity index (χ0v) is 8.77. The van der Waals surface area contributed by atoms with Gasteiger partial charge in [0.1, 0.15) is 0 Å². The molecule has 3 heteroatoms. The summed E-state index contributed by atoms with van der Waals surface area (Å²) >= 11 is 1.65. The Labute approximate surface area is 77.5 Å². The quantitative estimate of drug-likeness (QED) is 0.763. The van der Waals surface area contributed by atoms with Crippen LogP contribution in [0.2, 0.25) is 0 Å². The topological polar surface area (TPSA) is 23.5 Å². The number of aliphatic hydroxyl groups is 1. The highest BCUT2D eigenvalue weighted by Gasteiger charge is 2.09. The number of thiophene rings is 1. The molecule has 0 saturated heterocycles. The SMILES string of the molecule is Cc1cc(C(C)O)sc1N(C)C. The van der Waals surface area contributed by atoms with E-state index in [2.05, 4.69) is 11.8 Å². The molecule has 0 aliphatic rings. The highest BCUT2D eigenvalue weighted by Crippen LogP contribution is 2.32. The third kappa shape index (κ3) is 1.79. The Morgan fingerprint density at radius 2 is 2.08 bits per heavy atom. The summed E-state index contributed by atoms with van der Waals surface area (Å²) in [6.07, 6.45) is -0.345. The molecule has 2 nitrogen and oxygen atoms in total. The van der Waals surface area contributed by atoms with E-state index in [-0.39, 0.29) is 6.10 Å². The zero-order chi connectivity index (χ0) is 9.30. The van der Waals surface area contributed by atoms with Gasteiger partial charge in [0.15, 0.2) is 0 Å². The van der Waals surface area contributed by atoms with Gasteiger partial charge in [-0.3, -0.25) is 0 Å². The first-order valence-corrected chi connectivity index (χ1v) is 4.79. The number of nitrogens with zero attached hydrogens (tertiary/aromatic N) is 1. The Hall–Kier alpha value is -0.540. The van der Waals surface area contributed by atoms with Crippen LogP contribution in [0.5, 0.6) is 0 Å². The van der Waals surface area contributed by atoms with Crippen LogP contribution in [0.1, 0.15) is 23.5 Å². The van der Waals surface area contributed by atoms with Crippen LogP contribution >= 0.6 is 11.3 Å². The lowest BCUT2D eigenvalue weighted by molar-refractivity contribution is 0.203. The van der Waals surface area contributed by atoms with Crippen molar-refractivity contribution < 1.29 is 5.11 Å². The molecule has 0 amide bonds. The van der Waals surface area contributed by atoms with Crippen LogP contribution in [0.4, 0.5) is 5.00 Å². The van der Waals surface area contributed by atoms with Gasteiger partial charge < -0.3 is 10.0 Å². The van der Waals surface area contributed by atoms with Crippen molar-refractivity contribution in [3.63, 3.8) is 0 Å². The Morgan fingerprint density at radius 1 is 1.50 bits per heavy atom. The van der Waals surface area contributed by atoms with Crippen LogP contribution in [0, 0.1) is 6.92 Å². The fraction of sp³-hybridized carbons (Fsp3) is 0.556. The van der Waals surface area contributed by atoms with Crippen molar-refractivity contribution in [2.75, 3.05) is 19.0 Å². The highest BCUT2D eigenvalue weighted by atomic mass is 32.1. The van der Waals surface area contributed by atoms with Crippen LogP contribution < -0.4 is 4.90 Å². The summed E-state index contributed by atoms with van der Waals surface area (Å²) < 4.78 is 0. The maximum Gasteiger partial charge on any atom is 0.0936 e. The maximum atomic E-state index is 9.34. The summed E-state index contributed by atoms with van der Waals surface area (Å²) in [6.45, 7) is 3.86. The van der Waals surface area contributed by atoms with Gasteiger partial charge in [-0.15, -0.1) is 11.3 Å². The summed E-state index contributed by atoms with van der Waals surface area (Å²) in [5, 5.41) is 10.6. The van der Waals surface area contributed by atoms with Crippen LogP contribution in [0.15, 0.2) is 6.07 Å². The third-order valence-corrected chi connectivity index (χ3v) is 3.30. The van der Waals surface area contributed by atoms with Gasteiger partial charge in [-0.25, -0.2) is 0 Å². The molecule has 1 heterocycles. The van der Waals surface area contributed by atoms with Gasteiger partial charge >= 0.3 is 0 Å². The van der Waals surface area contributed by atoms with E-state index in [1.54, 1.807) is 18.3 Å². The second-order valence-electron chi connectivity index (χ2n) is 3.21. The standard InChI is InChI=1S/C9H15NOS/c1-6-5-8(7(2)11)12-9(6)10(3)4/h5,7,11H,1-4H3. The van der Waals surface area contributed by atoms with E-state index in [0.29, 0.717) is 0 Å². The predicted octanol–water partition coefficient (Wildman–Crippen LogP) is 2.18. The van der Waals surface area contributed by atoms with Crippen LogP contribution in [-0.4, -0.2) is 19.2 Å². The first-order valence-electron chi connectivity index (χ1n) is 3.98. The molecule has 1 unspecified atom stereocenters. The van der Waals surface area contributed by atoms with Crippen molar-refractivity contribution in [1.29, 1.82) is 0 Å². The Balaban J connectivity index is 3.00. The molecule has 1 atom stereocenters. The Kier molecular flexibility index (Phi) is 2.75. The van der Waals surface area contributed by atoms with E-state index < -0.39 is 0 Å². The summed E-state index contributed by atoms with van der Waals surface area (Å²) in [6, 6.07) is 2.05. The molecule has 0 bridgehead atoms. The number of aryl methyl sites for hydroxylation is 1. The van der Waals surface area contributed by atoms with Gasteiger partial charge in [-0.1, -0.05) is 0 Å². The summed E-state index contributed by atoms with van der Waals surface area (Å²) in [5.41, 5.74) is 1.24. The Morgan fingerprint density at radius 3 is 2.33 bits per heavy atom. The van der Waals surface area contributed by atoms with Gasteiger partial charge in [-0.2, -0.15) is 0 Å². The van der Waals surface area contributed by atoms with Crippen LogP contribution in [0.25, 0.3) is 0 Å². The summed E-state index contributed by atoms with van der Waals surface area (Å²) in [7, 11) is 4.04. The van der Waals surface area contributed by atoms with Crippen molar-refractivity contribution in [3.8, 4) is 0 Å². The minimum atomic E-state index is -0.345. The molecule has 0 saturated carbocycles. The van der Waals surface area contributed by atoms with Gasteiger partial charge in [0.05, 0.1) is 11.1 Å². The molecular weight excluding hydrogens is 170 g/mol. The number of rotatable bonds is 2. The van der Waals surface area contributed by atoms with Gasteiger partial charge in [0.25, 0.3) is 0 Å². The second kappa shape index (κ2) is 3.46. The predicted molar refractivity (Wildman–Crippen MR) is 54.0 cm³/mol. The number of aliphatic hydroxyl groups excluding tert-OH is 1. The van der Waals surface area contributed by atoms with Crippen LogP contribution in [-0.2, 0) is 0 Å². The van der Waals surface area contributed by atoms with Gasteiger partial charge in [-0.05, 0) is 25.5 Å². The van der Waals surface area contributed by atoms with Crippen molar-refractivity contribution >= 4 is 16.3 Å². The molecule has 1 aromatic rings. The average Bonchev–Trinajstić information content (AvgIpc) is 2.30. The molecule has 1 rings (SSSR count). The summed E-state index contributed by atoms with van der Waals surface area (Å²) in [4.78, 5) is 3.11. The Bertz CT molecular complexity index is 265. The number of hydrogen-bond donors (Lipinski definition) is 1. The molecule has 1 N–H and O–H groups in total. The highest BCUT2D eigenvalue weighted by molar-refractivity contribution is 7.16. The normalized spacial score (nSPS) is 13.1. The maximum absolute atomic E-state index is 9.34. The molecule has 0 aliphatic heterocycles. The number of anilines is 1. The molecule has 0 radical (unpaired) electrons. The van der Waals surface area contributed by atoms with Crippen molar-refractivity contribution in [2.24, 2.45) is 0 Å². The molecular formula is C9H15NOS. The first kappa shape index (κ1) is 9.55. The zero-order valence-electron chi connectivity index (χ0n) is 7.96. The molecule has 0 fully saturated rings. The lowest BCUT2D eigenvalue weighted by atomic mass is 10.2. The molecule has 0 aromatic carbocycles. The second-order valence-corrected chi connectivity index (χ2v) is 4.27. The van der Waals surface area contributed by atoms with Crippen molar-refractivity contribution in [2.45, 2.75) is 20.0 Å². The minimum absolute atomic E-state index is 0.345. The first-order chi connectivity index (χ1) is 5.52. The summed E-state index contributed by atoms with van der Waals surface area (Å²) in [5.74, 6) is 0. The van der Waals surface area contributed by atoms with E-state index in [1.807, 2.05) is 20.2 Å². The monoisotopic (exact) mass is 185 g/mol. The lowest BCUT2D eigenvalue weighted by Gasteiger charge is -2.09. The van der Waals surface area contributed by atoms with Crippen molar-refractivity contribution in [1.82, 2.24) is 0 Å². The molecule has 68 valence electrons. The van der Waals surface area contributed by atoms with Crippen LogP contribution in [0.3, 0.4) is 0 Å². The third-order valence-electron chi connectivity index (χ3n) is 1.73. The van der Waals surface area contributed by atoms with Crippen molar-refractivity contribution in [3.05, 3.63) is 16.5 Å². The lowest BCUT2D eigenvalue weighted by Crippen LogP contribution is -2.07. The fourth-order valence-corrected chi connectivity index (χ4v) is 2.18. The minimum Gasteiger partial charge on any atom is -0.388 e. The van der Waals surface area contributed by atoms with E-state index >= 15 is 0 Å². The van der Waals surface area contributed by atoms with E-state index in [9.17, 15) is 5.11 Å². The van der Waals surface area contributed by atoms with Gasteiger partial charge in [0.2, 0.25) is 0 Å². The molecule has 1 aromatic heterocycles. The molecule has 12 heavy (non-hydrogen) atoms. The fourth-order valence-electron chi connectivity index (χ4n) is 1.15. The molecule has 0 aliphatic carbocycles. The van der Waals surface area contributed by atoms with E-state index in [4.69, 9.17) is 0 Å². The van der Waals surface area contributed by atoms with E-state index in [0.717, 1.165) is 4.88 Å². The smallest absolute Gasteiger partial charge is 0.0936 e. The number of hydrogen-bond acceptors (Lipinski definition) is 3. The average molecular weight is 185 g/mol. The molecule has 0 spiro atoms. The van der Waals surface area contributed by atoms with E-state index in [1.165, 1.54) is 10.6 Å².